The molecule has 2 rings (SSSR count). The van der Waals surface area contributed by atoms with Crippen molar-refractivity contribution in [2.24, 2.45) is 0 Å². The van der Waals surface area contributed by atoms with Gasteiger partial charge in [0.2, 0.25) is 0 Å². The molecule has 2 heterocycles. The van der Waals surface area contributed by atoms with Crippen LogP contribution in [0.25, 0.3) is 0 Å². The molecular formula is C7H8N3. The topological polar surface area (TPSA) is 29.0 Å². The maximum Gasteiger partial charge on any atom is 0.197 e. The van der Waals surface area contributed by atoms with E-state index in [-0.39, 0.29) is 0 Å². The van der Waals surface area contributed by atoms with Crippen molar-refractivity contribution < 1.29 is 0 Å². The molecule has 1 aromatic rings. The molecule has 1 aliphatic heterocycles. The van der Waals surface area contributed by atoms with Crippen molar-refractivity contribution in [2.75, 3.05) is 18.0 Å². The number of hydrogen-bond donors (Lipinski definition) is 0. The van der Waals surface area contributed by atoms with E-state index in [0.717, 1.165) is 18.8 Å². The van der Waals surface area contributed by atoms with Gasteiger partial charge in [0.15, 0.2) is 6.33 Å². The van der Waals surface area contributed by atoms with Crippen LogP contribution in [0.3, 0.4) is 0 Å². The SMILES string of the molecule is [c]1ncc(N2CCC2)cn1. The molecule has 3 heteroatoms. The zero-order valence-electron chi connectivity index (χ0n) is 5.62. The highest BCUT2D eigenvalue weighted by Gasteiger charge is 2.13. The third-order valence-electron chi connectivity index (χ3n) is 1.73. The minimum absolute atomic E-state index is 1.12. The summed E-state index contributed by atoms with van der Waals surface area (Å²) < 4.78 is 0. The number of nitrogens with zero attached hydrogens (tertiary/aromatic N) is 3. The molecule has 3 nitrogen and oxygen atoms in total. The predicted octanol–water partition coefficient (Wildman–Crippen LogP) is 0.487. The second-order valence-electron chi connectivity index (χ2n) is 2.38. The number of anilines is 1. The van der Waals surface area contributed by atoms with Crippen LogP contribution in [0.1, 0.15) is 6.42 Å². The van der Waals surface area contributed by atoms with E-state index in [1.54, 1.807) is 12.4 Å². The molecule has 0 aliphatic carbocycles. The summed E-state index contributed by atoms with van der Waals surface area (Å²) in [6.45, 7) is 2.29. The van der Waals surface area contributed by atoms with Crippen molar-refractivity contribution in [3.05, 3.63) is 18.7 Å². The lowest BCUT2D eigenvalue weighted by atomic mass is 10.2. The molecule has 0 aromatic carbocycles. The van der Waals surface area contributed by atoms with Crippen LogP contribution in [0.15, 0.2) is 12.4 Å². The van der Waals surface area contributed by atoms with Gasteiger partial charge in [-0.15, -0.1) is 0 Å². The maximum atomic E-state index is 3.81. The monoisotopic (exact) mass is 134 g/mol. The number of aromatic nitrogens is 2. The zero-order chi connectivity index (χ0) is 6.81. The average molecular weight is 134 g/mol. The first kappa shape index (κ1) is 5.65. The standard InChI is InChI=1S/C7H8N3/c1-2-10(3-1)7-4-8-6-9-5-7/h4-5H,1-3H2. The molecule has 1 aliphatic rings. The van der Waals surface area contributed by atoms with E-state index in [9.17, 15) is 0 Å². The van der Waals surface area contributed by atoms with Gasteiger partial charge in [0, 0.05) is 13.1 Å². The quantitative estimate of drug-likeness (QED) is 0.559. The molecule has 0 spiro atoms. The van der Waals surface area contributed by atoms with Gasteiger partial charge in [-0.05, 0) is 6.42 Å². The van der Waals surface area contributed by atoms with Crippen molar-refractivity contribution in [1.82, 2.24) is 9.97 Å². The Hall–Kier alpha value is -1.12. The Labute approximate surface area is 59.7 Å². The van der Waals surface area contributed by atoms with Gasteiger partial charge >= 0.3 is 0 Å². The van der Waals surface area contributed by atoms with Gasteiger partial charge in [-0.1, -0.05) is 0 Å². The largest absolute Gasteiger partial charge is 0.369 e. The highest BCUT2D eigenvalue weighted by Crippen LogP contribution is 2.16. The van der Waals surface area contributed by atoms with Gasteiger partial charge in [-0.3, -0.25) is 0 Å². The van der Waals surface area contributed by atoms with Crippen molar-refractivity contribution >= 4 is 5.69 Å². The van der Waals surface area contributed by atoms with Crippen LogP contribution in [-0.4, -0.2) is 23.1 Å². The first-order valence-electron chi connectivity index (χ1n) is 3.40. The summed E-state index contributed by atoms with van der Waals surface area (Å²) in [6.07, 6.45) is 7.40. The maximum absolute atomic E-state index is 3.81. The highest BCUT2D eigenvalue weighted by molar-refractivity contribution is 5.43. The van der Waals surface area contributed by atoms with Gasteiger partial charge in [-0.25, -0.2) is 9.97 Å². The van der Waals surface area contributed by atoms with Crippen molar-refractivity contribution in [2.45, 2.75) is 6.42 Å². The van der Waals surface area contributed by atoms with Crippen LogP contribution < -0.4 is 4.90 Å². The van der Waals surface area contributed by atoms with Crippen molar-refractivity contribution in [1.29, 1.82) is 0 Å². The van der Waals surface area contributed by atoms with Crippen LogP contribution in [-0.2, 0) is 0 Å². The van der Waals surface area contributed by atoms with E-state index in [4.69, 9.17) is 0 Å². The Bertz CT molecular complexity index is 205. The Morgan fingerprint density at radius 3 is 2.50 bits per heavy atom. The molecule has 0 atom stereocenters. The average Bonchev–Trinajstić information content (AvgIpc) is 1.86. The Morgan fingerprint density at radius 2 is 2.00 bits per heavy atom. The zero-order valence-corrected chi connectivity index (χ0v) is 5.62. The van der Waals surface area contributed by atoms with Gasteiger partial charge in [0.1, 0.15) is 0 Å². The number of hydrogen-bond acceptors (Lipinski definition) is 3. The van der Waals surface area contributed by atoms with E-state index in [2.05, 4.69) is 21.2 Å². The summed E-state index contributed by atoms with van der Waals surface area (Å²) in [5, 5.41) is 0. The first-order valence-corrected chi connectivity index (χ1v) is 3.40. The minimum atomic E-state index is 1.12. The summed E-state index contributed by atoms with van der Waals surface area (Å²) >= 11 is 0. The molecule has 0 N–H and O–H groups in total. The molecule has 0 bridgehead atoms. The summed E-state index contributed by atoms with van der Waals surface area (Å²) in [5.41, 5.74) is 1.12. The molecule has 0 saturated carbocycles. The van der Waals surface area contributed by atoms with E-state index >= 15 is 0 Å². The summed E-state index contributed by atoms with van der Waals surface area (Å²) in [7, 11) is 0. The van der Waals surface area contributed by atoms with Gasteiger partial charge in [0.25, 0.3) is 0 Å². The molecule has 1 saturated heterocycles. The lowest BCUT2D eigenvalue weighted by molar-refractivity contribution is 0.615. The molecule has 0 unspecified atom stereocenters. The van der Waals surface area contributed by atoms with Crippen molar-refractivity contribution in [3.63, 3.8) is 0 Å². The highest BCUT2D eigenvalue weighted by atomic mass is 15.2. The van der Waals surface area contributed by atoms with Crippen LogP contribution in [0.4, 0.5) is 5.69 Å². The molecule has 1 fully saturated rings. The van der Waals surface area contributed by atoms with Crippen LogP contribution in [0, 0.1) is 6.33 Å². The van der Waals surface area contributed by atoms with Crippen molar-refractivity contribution in [3.8, 4) is 0 Å². The lowest BCUT2D eigenvalue weighted by Crippen LogP contribution is -2.37. The summed E-state index contributed by atoms with van der Waals surface area (Å²) in [4.78, 5) is 9.86. The predicted molar refractivity (Wildman–Crippen MR) is 37.7 cm³/mol. The Balaban J connectivity index is 2.18. The van der Waals surface area contributed by atoms with E-state index in [1.165, 1.54) is 6.42 Å². The lowest BCUT2D eigenvalue weighted by Gasteiger charge is -2.32. The molecule has 0 amide bonds. The summed E-state index contributed by atoms with van der Waals surface area (Å²) in [6, 6.07) is 0. The third kappa shape index (κ3) is 0.835. The van der Waals surface area contributed by atoms with Gasteiger partial charge < -0.3 is 4.90 Å². The second kappa shape index (κ2) is 2.25. The van der Waals surface area contributed by atoms with Crippen LogP contribution in [0.2, 0.25) is 0 Å². The first-order chi connectivity index (χ1) is 4.97. The molecular weight excluding hydrogens is 126 g/mol. The third-order valence-corrected chi connectivity index (χ3v) is 1.73. The van der Waals surface area contributed by atoms with Crippen LogP contribution in [0.5, 0.6) is 0 Å². The normalized spacial score (nSPS) is 16.6. The number of rotatable bonds is 1. The smallest absolute Gasteiger partial charge is 0.197 e. The Kier molecular flexibility index (Phi) is 1.27. The molecule has 1 radical (unpaired) electrons. The fourth-order valence-corrected chi connectivity index (χ4v) is 0.994. The van der Waals surface area contributed by atoms with Gasteiger partial charge in [-0.2, -0.15) is 0 Å². The van der Waals surface area contributed by atoms with E-state index in [1.807, 2.05) is 0 Å². The molecule has 1 aromatic heterocycles. The fourth-order valence-electron chi connectivity index (χ4n) is 0.994. The summed E-state index contributed by atoms with van der Waals surface area (Å²) in [5.74, 6) is 0. The fraction of sp³-hybridized carbons (Fsp3) is 0.429. The second-order valence-corrected chi connectivity index (χ2v) is 2.38. The minimum Gasteiger partial charge on any atom is -0.369 e. The Morgan fingerprint density at radius 1 is 1.30 bits per heavy atom. The van der Waals surface area contributed by atoms with Crippen LogP contribution >= 0.6 is 0 Å². The molecule has 10 heavy (non-hydrogen) atoms. The van der Waals surface area contributed by atoms with E-state index < -0.39 is 0 Å². The molecule has 51 valence electrons. The van der Waals surface area contributed by atoms with E-state index in [0.29, 0.717) is 0 Å². The van der Waals surface area contributed by atoms with Gasteiger partial charge in [0.05, 0.1) is 18.1 Å².